The minimum atomic E-state index is -6.00. The van der Waals surface area contributed by atoms with E-state index in [0.717, 1.165) is 0 Å². The van der Waals surface area contributed by atoms with Crippen LogP contribution in [0.25, 0.3) is 0 Å². The number of hydrogen-bond donors (Lipinski definition) is 0. The molecule has 0 bridgehead atoms. The predicted molar refractivity (Wildman–Crippen MR) is 154 cm³/mol. The first-order chi connectivity index (χ1) is 17.4. The normalized spacial score (nSPS) is 11.4. The summed E-state index contributed by atoms with van der Waals surface area (Å²) in [5.41, 5.74) is 2.93. The van der Waals surface area contributed by atoms with Gasteiger partial charge in [-0.1, -0.05) is 144 Å². The molecule has 0 atom stereocenters. The Bertz CT molecular complexity index is 679. The summed E-state index contributed by atoms with van der Waals surface area (Å²) in [6.45, 7) is 0. The molecular formula is C30H47BF4S. The standard InChI is InChI=1S/C30H46S.BF4/c31-27-21-13-11-9-7-5-3-1-2-4-6-8-10-12-20-26-30(28-22-16-14-17-23-28)29-24-18-15-19-25-29;2-1(3,4)5/h14-19,22-25,30-31H,1-13,20-21,26-27H2;/q;-1/p+1. The maximum atomic E-state index is 9.75. The Morgan fingerprint density at radius 1 is 0.472 bits per heavy atom. The van der Waals surface area contributed by atoms with Gasteiger partial charge in [0.15, 0.2) is 0 Å². The van der Waals surface area contributed by atoms with Gasteiger partial charge >= 0.3 is 7.25 Å². The molecule has 0 aromatic heterocycles. The van der Waals surface area contributed by atoms with E-state index >= 15 is 0 Å². The van der Waals surface area contributed by atoms with Crippen LogP contribution >= 0.6 is 0 Å². The molecule has 0 radical (unpaired) electrons. The maximum Gasteiger partial charge on any atom is 0.673 e. The van der Waals surface area contributed by atoms with E-state index in [1.54, 1.807) is 0 Å². The van der Waals surface area contributed by atoms with Crippen molar-refractivity contribution in [3.8, 4) is 0 Å². The van der Waals surface area contributed by atoms with E-state index in [2.05, 4.69) is 73.3 Å². The monoisotopic (exact) mass is 526 g/mol. The van der Waals surface area contributed by atoms with Crippen molar-refractivity contribution in [2.24, 2.45) is 0 Å². The fourth-order valence-corrected chi connectivity index (χ4v) is 4.92. The minimum Gasteiger partial charge on any atom is -0.418 e. The third kappa shape index (κ3) is 19.7. The van der Waals surface area contributed by atoms with Crippen molar-refractivity contribution < 1.29 is 17.3 Å². The highest BCUT2D eigenvalue weighted by Gasteiger charge is 2.20. The fraction of sp³-hybridized carbons (Fsp3) is 0.600. The zero-order valence-electron chi connectivity index (χ0n) is 22.0. The van der Waals surface area contributed by atoms with Gasteiger partial charge in [0.25, 0.3) is 0 Å². The highest BCUT2D eigenvalue weighted by molar-refractivity contribution is 7.58. The molecule has 204 valence electrons. The van der Waals surface area contributed by atoms with Crippen molar-refractivity contribution in [1.82, 2.24) is 0 Å². The second-order valence-corrected chi connectivity index (χ2v) is 10.2. The number of hydrogen-bond acceptors (Lipinski definition) is 0. The summed E-state index contributed by atoms with van der Waals surface area (Å²) in [4.78, 5) is 0. The second-order valence-electron chi connectivity index (χ2n) is 9.71. The zero-order chi connectivity index (χ0) is 26.3. The molecule has 0 spiro atoms. The first kappa shape index (κ1) is 32.6. The van der Waals surface area contributed by atoms with E-state index < -0.39 is 7.25 Å². The molecule has 0 aliphatic heterocycles. The van der Waals surface area contributed by atoms with Gasteiger partial charge < -0.3 is 17.3 Å². The van der Waals surface area contributed by atoms with Crippen LogP contribution in [0.2, 0.25) is 0 Å². The molecule has 6 heteroatoms. The van der Waals surface area contributed by atoms with Crippen molar-refractivity contribution >= 4 is 19.9 Å². The summed E-state index contributed by atoms with van der Waals surface area (Å²) in [6, 6.07) is 22.1. The van der Waals surface area contributed by atoms with Gasteiger partial charge in [-0.3, -0.25) is 0 Å². The Hall–Kier alpha value is -1.43. The summed E-state index contributed by atoms with van der Waals surface area (Å²) < 4.78 is 39.0. The highest BCUT2D eigenvalue weighted by Crippen LogP contribution is 2.30. The lowest BCUT2D eigenvalue weighted by molar-refractivity contribution is 0.368. The molecule has 0 fully saturated rings. The molecule has 0 saturated heterocycles. The van der Waals surface area contributed by atoms with Crippen LogP contribution in [-0.4, -0.2) is 13.0 Å². The molecule has 0 unspecified atom stereocenters. The maximum absolute atomic E-state index is 9.75. The van der Waals surface area contributed by atoms with Gasteiger partial charge in [0.05, 0.1) is 0 Å². The van der Waals surface area contributed by atoms with Crippen molar-refractivity contribution in [1.29, 1.82) is 0 Å². The Labute approximate surface area is 223 Å². The molecule has 0 amide bonds. The Balaban J connectivity index is 0.00000118. The summed E-state index contributed by atoms with van der Waals surface area (Å²) in [7, 11) is -6.00. The van der Waals surface area contributed by atoms with Crippen LogP contribution in [0.15, 0.2) is 60.7 Å². The Kier molecular flexibility index (Phi) is 19.6. The number of benzene rings is 2. The van der Waals surface area contributed by atoms with Gasteiger partial charge in [-0.25, -0.2) is 0 Å². The Morgan fingerprint density at radius 3 is 1.06 bits per heavy atom. The molecule has 0 saturated carbocycles. The van der Waals surface area contributed by atoms with Crippen LogP contribution in [0.1, 0.15) is 120 Å². The van der Waals surface area contributed by atoms with Gasteiger partial charge in [0, 0.05) is 5.92 Å². The van der Waals surface area contributed by atoms with E-state index in [0.29, 0.717) is 5.92 Å². The molecule has 2 aromatic carbocycles. The van der Waals surface area contributed by atoms with E-state index in [1.807, 2.05) is 0 Å². The van der Waals surface area contributed by atoms with Gasteiger partial charge in [-0.05, 0) is 43.0 Å². The van der Waals surface area contributed by atoms with Crippen molar-refractivity contribution in [2.75, 3.05) is 5.75 Å². The van der Waals surface area contributed by atoms with Crippen LogP contribution in [0.3, 0.4) is 0 Å². The highest BCUT2D eigenvalue weighted by atomic mass is 32.1. The average molecular weight is 527 g/mol. The molecule has 0 heterocycles. The molecular weight excluding hydrogens is 479 g/mol. The smallest absolute Gasteiger partial charge is 0.418 e. The quantitative estimate of drug-likeness (QED) is 0.0739. The van der Waals surface area contributed by atoms with Gasteiger partial charge in [0.2, 0.25) is 0 Å². The Morgan fingerprint density at radius 2 is 0.750 bits per heavy atom. The third-order valence-electron chi connectivity index (χ3n) is 6.57. The van der Waals surface area contributed by atoms with Gasteiger partial charge in [-0.2, -0.15) is 0 Å². The van der Waals surface area contributed by atoms with Gasteiger partial charge in [0.1, 0.15) is 5.75 Å². The van der Waals surface area contributed by atoms with Crippen molar-refractivity contribution in [3.63, 3.8) is 0 Å². The lowest BCUT2D eigenvalue weighted by Gasteiger charge is -2.18. The first-order valence-corrected chi connectivity index (χ1v) is 14.7. The lowest BCUT2D eigenvalue weighted by Crippen LogP contribution is -2.02. The SMILES string of the molecule is F[B-](F)(F)F.[SH2+]CCCCCCCCCCCCCCCCCC(c1ccccc1)c1ccccc1. The predicted octanol–water partition coefficient (Wildman–Crippen LogP) is 10.4. The van der Waals surface area contributed by atoms with E-state index in [1.165, 1.54) is 120 Å². The van der Waals surface area contributed by atoms with E-state index in [-0.39, 0.29) is 0 Å². The number of halogens is 4. The largest absolute Gasteiger partial charge is 0.673 e. The third-order valence-corrected chi connectivity index (χ3v) is 6.93. The van der Waals surface area contributed by atoms with E-state index in [9.17, 15) is 17.3 Å². The molecule has 0 aliphatic rings. The van der Waals surface area contributed by atoms with Crippen LogP contribution in [0, 0.1) is 0 Å². The van der Waals surface area contributed by atoms with Crippen LogP contribution < -0.4 is 0 Å². The lowest BCUT2D eigenvalue weighted by atomic mass is 9.87. The molecule has 36 heavy (non-hydrogen) atoms. The van der Waals surface area contributed by atoms with Crippen LogP contribution in [-0.2, 0) is 12.6 Å². The summed E-state index contributed by atoms with van der Waals surface area (Å²) in [5.74, 6) is 1.72. The summed E-state index contributed by atoms with van der Waals surface area (Å²) >= 11 is 3.56. The molecule has 2 rings (SSSR count). The average Bonchev–Trinajstić information content (AvgIpc) is 2.86. The van der Waals surface area contributed by atoms with Crippen molar-refractivity contribution in [2.45, 2.75) is 109 Å². The minimum absolute atomic E-state index is 0.548. The molecule has 0 N–H and O–H groups in total. The zero-order valence-corrected chi connectivity index (χ0v) is 23.0. The molecule has 0 aliphatic carbocycles. The topological polar surface area (TPSA) is 0 Å². The second kappa shape index (κ2) is 21.6. The first-order valence-electron chi connectivity index (χ1n) is 14.0. The number of unbranched alkanes of at least 4 members (excludes halogenated alkanes) is 14. The van der Waals surface area contributed by atoms with Gasteiger partial charge in [-0.15, -0.1) is 0 Å². The molecule has 0 nitrogen and oxygen atoms in total. The summed E-state index contributed by atoms with van der Waals surface area (Å²) in [6.07, 6.45) is 22.6. The summed E-state index contributed by atoms with van der Waals surface area (Å²) in [5, 5.41) is 0. The fourth-order valence-electron chi connectivity index (χ4n) is 4.67. The molecule has 2 aromatic rings. The van der Waals surface area contributed by atoms with Crippen molar-refractivity contribution in [3.05, 3.63) is 71.8 Å². The number of rotatable bonds is 19. The van der Waals surface area contributed by atoms with Crippen LogP contribution in [0.5, 0.6) is 0 Å². The van der Waals surface area contributed by atoms with Crippen LogP contribution in [0.4, 0.5) is 17.3 Å². The van der Waals surface area contributed by atoms with E-state index in [4.69, 9.17) is 0 Å².